The maximum Gasteiger partial charge on any atom is 0.261 e. The summed E-state index contributed by atoms with van der Waals surface area (Å²) in [5.74, 6) is 1.81. The molecule has 0 unspecified atom stereocenters. The molecule has 1 fully saturated rings. The Balaban J connectivity index is 1.38. The van der Waals surface area contributed by atoms with Crippen molar-refractivity contribution >= 4 is 22.4 Å². The third kappa shape index (κ3) is 5.32. The van der Waals surface area contributed by atoms with Gasteiger partial charge in [-0.05, 0) is 57.8 Å². The SMILES string of the molecule is Cc1noc(C)c1COc1ccccc1C(=O)Nc1nc(CN2CCC(C)CC2)cs1. The lowest BCUT2D eigenvalue weighted by atomic mass is 9.99. The number of thiazole rings is 1. The number of rotatable bonds is 7. The number of para-hydroxylation sites is 1. The van der Waals surface area contributed by atoms with Gasteiger partial charge in [0.15, 0.2) is 5.13 Å². The molecule has 8 heteroatoms. The molecule has 1 aromatic carbocycles. The number of likely N-dealkylation sites (tertiary alicyclic amines) is 1. The molecule has 3 heterocycles. The Morgan fingerprint density at radius 3 is 2.81 bits per heavy atom. The number of aromatic nitrogens is 2. The molecule has 0 spiro atoms. The van der Waals surface area contributed by atoms with E-state index in [0.29, 0.717) is 23.1 Å². The third-order valence-electron chi connectivity index (χ3n) is 5.72. The minimum Gasteiger partial charge on any atom is -0.488 e. The van der Waals surface area contributed by atoms with Crippen molar-refractivity contribution in [1.29, 1.82) is 0 Å². The molecular weight excluding hydrogens is 412 g/mol. The van der Waals surface area contributed by atoms with Gasteiger partial charge in [-0.15, -0.1) is 11.3 Å². The zero-order valence-corrected chi connectivity index (χ0v) is 19.0. The van der Waals surface area contributed by atoms with Crippen LogP contribution in [0.2, 0.25) is 0 Å². The summed E-state index contributed by atoms with van der Waals surface area (Å²) >= 11 is 1.45. The molecule has 3 aromatic rings. The number of aryl methyl sites for hydroxylation is 2. The molecule has 4 rings (SSSR count). The predicted molar refractivity (Wildman–Crippen MR) is 120 cm³/mol. The molecule has 0 atom stereocenters. The highest BCUT2D eigenvalue weighted by Crippen LogP contribution is 2.25. The van der Waals surface area contributed by atoms with Crippen molar-refractivity contribution in [2.24, 2.45) is 5.92 Å². The molecule has 31 heavy (non-hydrogen) atoms. The highest BCUT2D eigenvalue weighted by Gasteiger charge is 2.19. The van der Waals surface area contributed by atoms with Gasteiger partial charge in [0.25, 0.3) is 5.91 Å². The van der Waals surface area contributed by atoms with E-state index in [2.05, 4.69) is 27.3 Å². The van der Waals surface area contributed by atoms with Crippen molar-refractivity contribution in [2.45, 2.75) is 46.8 Å². The number of carbonyl (C=O) groups is 1. The first-order valence-electron chi connectivity index (χ1n) is 10.6. The van der Waals surface area contributed by atoms with Gasteiger partial charge in [0.2, 0.25) is 0 Å². The molecule has 1 saturated heterocycles. The predicted octanol–water partition coefficient (Wildman–Crippen LogP) is 4.81. The van der Waals surface area contributed by atoms with Crippen LogP contribution in [0.4, 0.5) is 5.13 Å². The van der Waals surface area contributed by atoms with Gasteiger partial charge < -0.3 is 9.26 Å². The molecule has 0 aliphatic carbocycles. The maximum atomic E-state index is 12.9. The van der Waals surface area contributed by atoms with Gasteiger partial charge in [-0.2, -0.15) is 0 Å². The van der Waals surface area contributed by atoms with Crippen LogP contribution in [0.5, 0.6) is 5.75 Å². The fourth-order valence-electron chi connectivity index (χ4n) is 3.69. The van der Waals surface area contributed by atoms with E-state index < -0.39 is 0 Å². The number of nitrogens with one attached hydrogen (secondary N) is 1. The van der Waals surface area contributed by atoms with E-state index >= 15 is 0 Å². The molecule has 1 amide bonds. The first-order chi connectivity index (χ1) is 15.0. The number of ether oxygens (including phenoxy) is 1. The van der Waals surface area contributed by atoms with Crippen molar-refractivity contribution in [1.82, 2.24) is 15.0 Å². The second-order valence-corrected chi connectivity index (χ2v) is 9.00. The van der Waals surface area contributed by atoms with Gasteiger partial charge in [0.05, 0.1) is 22.5 Å². The van der Waals surface area contributed by atoms with Crippen LogP contribution in [-0.2, 0) is 13.2 Å². The Bertz CT molecular complexity index is 1020. The number of hydrogen-bond donors (Lipinski definition) is 1. The number of piperidine rings is 1. The van der Waals surface area contributed by atoms with Crippen LogP contribution in [0.3, 0.4) is 0 Å². The largest absolute Gasteiger partial charge is 0.488 e. The number of anilines is 1. The summed E-state index contributed by atoms with van der Waals surface area (Å²) in [7, 11) is 0. The van der Waals surface area contributed by atoms with Gasteiger partial charge >= 0.3 is 0 Å². The van der Waals surface area contributed by atoms with E-state index in [9.17, 15) is 4.79 Å². The Morgan fingerprint density at radius 2 is 2.06 bits per heavy atom. The van der Waals surface area contributed by atoms with Crippen LogP contribution in [-0.4, -0.2) is 34.0 Å². The molecular formula is C23H28N4O3S. The van der Waals surface area contributed by atoms with Gasteiger partial charge in [0, 0.05) is 11.9 Å². The summed E-state index contributed by atoms with van der Waals surface area (Å²) in [6.45, 7) is 9.37. The summed E-state index contributed by atoms with van der Waals surface area (Å²) in [5.41, 5.74) is 3.15. The van der Waals surface area contributed by atoms with Crippen molar-refractivity contribution in [2.75, 3.05) is 18.4 Å². The third-order valence-corrected chi connectivity index (χ3v) is 6.53. The fourth-order valence-corrected chi connectivity index (χ4v) is 4.39. The minimum atomic E-state index is -0.234. The molecule has 7 nitrogen and oxygen atoms in total. The van der Waals surface area contributed by atoms with Crippen molar-refractivity contribution in [3.63, 3.8) is 0 Å². The van der Waals surface area contributed by atoms with Crippen LogP contribution in [0.15, 0.2) is 34.2 Å². The van der Waals surface area contributed by atoms with E-state index in [1.807, 2.05) is 31.4 Å². The molecule has 2 aromatic heterocycles. The van der Waals surface area contributed by atoms with Crippen LogP contribution < -0.4 is 10.1 Å². The summed E-state index contributed by atoms with van der Waals surface area (Å²) in [5, 5.41) is 9.49. The van der Waals surface area contributed by atoms with Gasteiger partial charge in [-0.1, -0.05) is 24.2 Å². The topological polar surface area (TPSA) is 80.5 Å². The molecule has 1 N–H and O–H groups in total. The van der Waals surface area contributed by atoms with Gasteiger partial charge in [-0.3, -0.25) is 15.0 Å². The lowest BCUT2D eigenvalue weighted by molar-refractivity contribution is 0.102. The average molecular weight is 441 g/mol. The smallest absolute Gasteiger partial charge is 0.261 e. The second-order valence-electron chi connectivity index (χ2n) is 8.14. The summed E-state index contributed by atoms with van der Waals surface area (Å²) < 4.78 is 11.1. The number of nitrogens with zero attached hydrogens (tertiary/aromatic N) is 3. The van der Waals surface area contributed by atoms with Crippen LogP contribution >= 0.6 is 11.3 Å². The van der Waals surface area contributed by atoms with Gasteiger partial charge in [-0.25, -0.2) is 4.98 Å². The zero-order valence-electron chi connectivity index (χ0n) is 18.2. The molecule has 0 saturated carbocycles. The monoisotopic (exact) mass is 440 g/mol. The Kier molecular flexibility index (Phi) is 6.67. The van der Waals surface area contributed by atoms with E-state index in [1.165, 1.54) is 24.2 Å². The molecule has 0 bridgehead atoms. The van der Waals surface area contributed by atoms with Crippen LogP contribution in [0.25, 0.3) is 0 Å². The van der Waals surface area contributed by atoms with Crippen molar-refractivity contribution in [3.05, 3.63) is 57.9 Å². The Labute approximate surface area is 186 Å². The minimum absolute atomic E-state index is 0.234. The standard InChI is InChI=1S/C23H28N4O3S/c1-15-8-10-27(11-9-15)12-18-14-31-23(24-18)25-22(28)19-6-4-5-7-21(19)29-13-20-16(2)26-30-17(20)3/h4-7,14-15H,8-13H2,1-3H3,(H,24,25,28). The van der Waals surface area contributed by atoms with E-state index in [-0.39, 0.29) is 5.91 Å². The molecule has 1 aliphatic rings. The van der Waals surface area contributed by atoms with Gasteiger partial charge in [0.1, 0.15) is 18.1 Å². The lowest BCUT2D eigenvalue weighted by Crippen LogP contribution is -2.32. The van der Waals surface area contributed by atoms with Crippen molar-refractivity contribution < 1.29 is 14.1 Å². The van der Waals surface area contributed by atoms with E-state index in [4.69, 9.17) is 9.26 Å². The second kappa shape index (κ2) is 9.62. The van der Waals surface area contributed by atoms with E-state index in [1.54, 1.807) is 12.1 Å². The summed E-state index contributed by atoms with van der Waals surface area (Å²) in [6.07, 6.45) is 2.47. The number of amides is 1. The van der Waals surface area contributed by atoms with E-state index in [0.717, 1.165) is 48.3 Å². The Hall–Kier alpha value is -2.71. The first kappa shape index (κ1) is 21.5. The van der Waals surface area contributed by atoms with Crippen molar-refractivity contribution in [3.8, 4) is 5.75 Å². The molecule has 1 aliphatic heterocycles. The normalized spacial score (nSPS) is 15.2. The highest BCUT2D eigenvalue weighted by atomic mass is 32.1. The molecule has 0 radical (unpaired) electrons. The Morgan fingerprint density at radius 1 is 1.29 bits per heavy atom. The summed E-state index contributed by atoms with van der Waals surface area (Å²) in [6, 6.07) is 7.21. The highest BCUT2D eigenvalue weighted by molar-refractivity contribution is 7.14. The quantitative estimate of drug-likeness (QED) is 0.568. The summed E-state index contributed by atoms with van der Waals surface area (Å²) in [4.78, 5) is 19.9. The lowest BCUT2D eigenvalue weighted by Gasteiger charge is -2.29. The van der Waals surface area contributed by atoms with Crippen LogP contribution in [0.1, 0.15) is 52.8 Å². The maximum absolute atomic E-state index is 12.9. The zero-order chi connectivity index (χ0) is 21.8. The van der Waals surface area contributed by atoms with Crippen LogP contribution in [0, 0.1) is 19.8 Å². The number of hydrogen-bond acceptors (Lipinski definition) is 7. The number of carbonyl (C=O) groups excluding carboxylic acids is 1. The fraction of sp³-hybridized carbons (Fsp3) is 0.435. The number of benzene rings is 1. The molecule has 164 valence electrons. The first-order valence-corrected chi connectivity index (χ1v) is 11.5. The average Bonchev–Trinajstić information content (AvgIpc) is 3.34.